The maximum atomic E-state index is 12.1. The molecule has 0 spiro atoms. The number of hydrogen-bond donors (Lipinski definition) is 0. The summed E-state index contributed by atoms with van der Waals surface area (Å²) in [6, 6.07) is 8.72. The molecule has 0 N–H and O–H groups in total. The van der Waals surface area contributed by atoms with Gasteiger partial charge in [-0.15, -0.1) is 0 Å². The maximum Gasteiger partial charge on any atom is 0.410 e. The van der Waals surface area contributed by atoms with E-state index in [2.05, 4.69) is 43.3 Å². The van der Waals surface area contributed by atoms with Crippen LogP contribution in [-0.4, -0.2) is 43.8 Å². The van der Waals surface area contributed by atoms with Crippen LogP contribution in [0.3, 0.4) is 0 Å². The van der Waals surface area contributed by atoms with Gasteiger partial charge >= 0.3 is 6.09 Å². The van der Waals surface area contributed by atoms with Gasteiger partial charge in [0.1, 0.15) is 5.60 Å². The van der Waals surface area contributed by atoms with Crippen molar-refractivity contribution in [2.45, 2.75) is 45.6 Å². The summed E-state index contributed by atoms with van der Waals surface area (Å²) >= 11 is 0. The zero-order valence-electron chi connectivity index (χ0n) is 15.1. The van der Waals surface area contributed by atoms with Crippen molar-refractivity contribution >= 4 is 11.8 Å². The van der Waals surface area contributed by atoms with E-state index in [-0.39, 0.29) is 6.09 Å². The Hall–Kier alpha value is -1.71. The van der Waals surface area contributed by atoms with E-state index in [1.54, 1.807) is 0 Å². The Morgan fingerprint density at radius 1 is 1.26 bits per heavy atom. The van der Waals surface area contributed by atoms with E-state index in [0.717, 1.165) is 32.4 Å². The van der Waals surface area contributed by atoms with Crippen LogP contribution in [-0.2, 0) is 11.2 Å². The molecule has 0 atom stereocenters. The first-order valence-corrected chi connectivity index (χ1v) is 8.49. The molecule has 2 rings (SSSR count). The van der Waals surface area contributed by atoms with Crippen LogP contribution in [0.15, 0.2) is 24.3 Å². The van der Waals surface area contributed by atoms with Crippen LogP contribution in [0.1, 0.15) is 39.2 Å². The monoisotopic (exact) mass is 318 g/mol. The van der Waals surface area contributed by atoms with Crippen LogP contribution in [0.4, 0.5) is 10.5 Å². The minimum Gasteiger partial charge on any atom is -0.444 e. The van der Waals surface area contributed by atoms with Gasteiger partial charge in [-0.25, -0.2) is 4.79 Å². The summed E-state index contributed by atoms with van der Waals surface area (Å²) in [6.45, 7) is 7.33. The van der Waals surface area contributed by atoms with Crippen molar-refractivity contribution in [3.8, 4) is 0 Å². The Balaban J connectivity index is 1.85. The molecule has 1 fully saturated rings. The molecule has 23 heavy (non-hydrogen) atoms. The third kappa shape index (κ3) is 5.45. The fourth-order valence-electron chi connectivity index (χ4n) is 2.94. The van der Waals surface area contributed by atoms with Crippen LogP contribution in [0.25, 0.3) is 0 Å². The van der Waals surface area contributed by atoms with Crippen molar-refractivity contribution in [1.29, 1.82) is 0 Å². The summed E-state index contributed by atoms with van der Waals surface area (Å²) in [4.78, 5) is 16.1. The number of benzene rings is 1. The standard InChI is InChI=1S/C19H30N2O2/c1-19(2,3)23-18(22)21-11-9-15(10-12-21)13-16-7-6-8-17(14-16)20(4)5/h6-8,14-15H,9-13H2,1-5H3. The Morgan fingerprint density at radius 3 is 2.48 bits per heavy atom. The zero-order chi connectivity index (χ0) is 17.0. The first kappa shape index (κ1) is 17.6. The summed E-state index contributed by atoms with van der Waals surface area (Å²) in [6.07, 6.45) is 3.01. The molecular formula is C19H30N2O2. The molecule has 0 aliphatic carbocycles. The molecule has 1 aliphatic heterocycles. The molecule has 4 heteroatoms. The molecule has 1 aromatic carbocycles. The van der Waals surface area contributed by atoms with Crippen molar-refractivity contribution in [2.24, 2.45) is 5.92 Å². The highest BCUT2D eigenvalue weighted by atomic mass is 16.6. The second-order valence-electron chi connectivity index (χ2n) is 7.68. The zero-order valence-corrected chi connectivity index (χ0v) is 15.1. The van der Waals surface area contributed by atoms with E-state index in [0.29, 0.717) is 5.92 Å². The van der Waals surface area contributed by atoms with E-state index in [9.17, 15) is 4.79 Å². The van der Waals surface area contributed by atoms with E-state index in [1.165, 1.54) is 11.3 Å². The minimum absolute atomic E-state index is 0.175. The predicted octanol–water partition coefficient (Wildman–Crippen LogP) is 3.94. The Bertz CT molecular complexity index is 526. The third-order valence-electron chi connectivity index (χ3n) is 4.22. The lowest BCUT2D eigenvalue weighted by atomic mass is 9.90. The Labute approximate surface area is 140 Å². The molecule has 1 aromatic rings. The van der Waals surface area contributed by atoms with Crippen molar-refractivity contribution in [2.75, 3.05) is 32.1 Å². The van der Waals surface area contributed by atoms with Crippen molar-refractivity contribution < 1.29 is 9.53 Å². The highest BCUT2D eigenvalue weighted by Gasteiger charge is 2.26. The molecule has 0 aromatic heterocycles. The van der Waals surface area contributed by atoms with Gasteiger partial charge in [0.25, 0.3) is 0 Å². The van der Waals surface area contributed by atoms with Gasteiger partial charge in [0.2, 0.25) is 0 Å². The molecule has 0 unspecified atom stereocenters. The van der Waals surface area contributed by atoms with Gasteiger partial charge in [-0.3, -0.25) is 0 Å². The summed E-state index contributed by atoms with van der Waals surface area (Å²) < 4.78 is 5.45. The van der Waals surface area contributed by atoms with E-state index in [4.69, 9.17) is 4.74 Å². The number of rotatable bonds is 3. The molecule has 1 aliphatic rings. The molecular weight excluding hydrogens is 288 g/mol. The summed E-state index contributed by atoms with van der Waals surface area (Å²) in [5, 5.41) is 0. The van der Waals surface area contributed by atoms with Gasteiger partial charge in [0.15, 0.2) is 0 Å². The van der Waals surface area contributed by atoms with Gasteiger partial charge in [-0.1, -0.05) is 12.1 Å². The molecule has 0 radical (unpaired) electrons. The lowest BCUT2D eigenvalue weighted by Gasteiger charge is -2.33. The van der Waals surface area contributed by atoms with Crippen LogP contribution in [0.5, 0.6) is 0 Å². The molecule has 4 nitrogen and oxygen atoms in total. The Morgan fingerprint density at radius 2 is 1.91 bits per heavy atom. The normalized spacial score (nSPS) is 16.3. The number of ether oxygens (including phenoxy) is 1. The van der Waals surface area contributed by atoms with Crippen molar-refractivity contribution in [1.82, 2.24) is 4.90 Å². The lowest BCUT2D eigenvalue weighted by Crippen LogP contribution is -2.42. The first-order valence-electron chi connectivity index (χ1n) is 8.49. The summed E-state index contributed by atoms with van der Waals surface area (Å²) in [7, 11) is 4.14. The molecule has 1 heterocycles. The number of carbonyl (C=O) groups is 1. The molecule has 0 saturated carbocycles. The number of piperidine rings is 1. The van der Waals surface area contributed by atoms with E-state index >= 15 is 0 Å². The van der Waals surface area contributed by atoms with Crippen molar-refractivity contribution in [3.05, 3.63) is 29.8 Å². The van der Waals surface area contributed by atoms with Crippen LogP contribution >= 0.6 is 0 Å². The van der Waals surface area contributed by atoms with Crippen molar-refractivity contribution in [3.63, 3.8) is 0 Å². The first-order chi connectivity index (χ1) is 10.7. The quantitative estimate of drug-likeness (QED) is 0.846. The SMILES string of the molecule is CN(C)c1cccc(CC2CCN(C(=O)OC(C)(C)C)CC2)c1. The summed E-state index contributed by atoms with van der Waals surface area (Å²) in [5.41, 5.74) is 2.21. The topological polar surface area (TPSA) is 32.8 Å². The molecule has 1 amide bonds. The largest absolute Gasteiger partial charge is 0.444 e. The number of amides is 1. The smallest absolute Gasteiger partial charge is 0.410 e. The van der Waals surface area contributed by atoms with Crippen LogP contribution < -0.4 is 4.90 Å². The minimum atomic E-state index is -0.416. The average molecular weight is 318 g/mol. The molecule has 128 valence electrons. The fourth-order valence-corrected chi connectivity index (χ4v) is 2.94. The van der Waals surface area contributed by atoms with Crippen LogP contribution in [0.2, 0.25) is 0 Å². The summed E-state index contributed by atoms with van der Waals surface area (Å²) in [5.74, 6) is 0.645. The van der Waals surface area contributed by atoms with E-state index < -0.39 is 5.60 Å². The van der Waals surface area contributed by atoms with Gasteiger partial charge in [0.05, 0.1) is 0 Å². The fraction of sp³-hybridized carbons (Fsp3) is 0.632. The van der Waals surface area contributed by atoms with Gasteiger partial charge in [-0.05, 0) is 63.6 Å². The van der Waals surface area contributed by atoms with Gasteiger partial charge < -0.3 is 14.5 Å². The highest BCUT2D eigenvalue weighted by Crippen LogP contribution is 2.24. The maximum absolute atomic E-state index is 12.1. The number of carbonyl (C=O) groups excluding carboxylic acids is 1. The lowest BCUT2D eigenvalue weighted by molar-refractivity contribution is 0.0184. The second-order valence-corrected chi connectivity index (χ2v) is 7.68. The Kier molecular flexibility index (Phi) is 5.55. The highest BCUT2D eigenvalue weighted by molar-refractivity contribution is 5.68. The number of nitrogens with zero attached hydrogens (tertiary/aromatic N) is 2. The van der Waals surface area contributed by atoms with Gasteiger partial charge in [-0.2, -0.15) is 0 Å². The molecule has 1 saturated heterocycles. The average Bonchev–Trinajstić information content (AvgIpc) is 2.46. The van der Waals surface area contributed by atoms with Gasteiger partial charge in [0, 0.05) is 32.9 Å². The van der Waals surface area contributed by atoms with Crippen LogP contribution in [0, 0.1) is 5.92 Å². The number of likely N-dealkylation sites (tertiary alicyclic amines) is 1. The third-order valence-corrected chi connectivity index (χ3v) is 4.22. The number of hydrogen-bond acceptors (Lipinski definition) is 3. The predicted molar refractivity (Wildman–Crippen MR) is 95.0 cm³/mol. The second kappa shape index (κ2) is 7.24. The van der Waals surface area contributed by atoms with E-state index in [1.807, 2.05) is 25.7 Å². The number of anilines is 1. The molecule has 0 bridgehead atoms.